The molecule has 0 amide bonds. The molecule has 2 N–H and O–H groups in total. The van der Waals surface area contributed by atoms with Crippen LogP contribution in [0.15, 0.2) is 29.2 Å². The van der Waals surface area contributed by atoms with Gasteiger partial charge in [-0.2, -0.15) is 4.72 Å². The normalized spacial score (nSPS) is 13.2. The lowest BCUT2D eigenvalue weighted by atomic mass is 10.1. The Hall–Kier alpha value is -1.60. The zero-order chi connectivity index (χ0) is 15.3. The number of carbonyl (C=O) groups is 1. The molecule has 1 aromatic carbocycles. The number of carboxylic acids is 1. The molecule has 0 unspecified atom stereocenters. The fourth-order valence-electron chi connectivity index (χ4n) is 1.76. The fourth-order valence-corrected chi connectivity index (χ4v) is 3.13. The summed E-state index contributed by atoms with van der Waals surface area (Å²) >= 11 is 0. The number of methoxy groups -OCH3 is 1. The lowest BCUT2D eigenvalue weighted by Crippen LogP contribution is -2.41. The topological polar surface area (TPSA) is 92.7 Å². The molecule has 0 fully saturated rings. The number of hydrogen-bond acceptors (Lipinski definition) is 4. The van der Waals surface area contributed by atoms with Gasteiger partial charge in [0.15, 0.2) is 0 Å². The highest BCUT2D eigenvalue weighted by atomic mass is 32.2. The van der Waals surface area contributed by atoms with Gasteiger partial charge in [0.1, 0.15) is 16.7 Å². The third-order valence-electron chi connectivity index (χ3n) is 2.66. The van der Waals surface area contributed by atoms with E-state index in [0.29, 0.717) is 0 Å². The van der Waals surface area contributed by atoms with E-state index < -0.39 is 22.0 Å². The van der Waals surface area contributed by atoms with Gasteiger partial charge in [0.25, 0.3) is 0 Å². The van der Waals surface area contributed by atoms with E-state index in [4.69, 9.17) is 9.84 Å². The number of sulfonamides is 1. The van der Waals surface area contributed by atoms with Crippen LogP contribution in [0.1, 0.15) is 20.3 Å². The van der Waals surface area contributed by atoms with Gasteiger partial charge in [0, 0.05) is 0 Å². The van der Waals surface area contributed by atoms with Crippen molar-refractivity contribution in [2.75, 3.05) is 7.11 Å². The molecule has 0 radical (unpaired) electrons. The molecule has 6 nitrogen and oxygen atoms in total. The molecule has 0 aliphatic heterocycles. The first-order valence-corrected chi connectivity index (χ1v) is 7.64. The lowest BCUT2D eigenvalue weighted by molar-refractivity contribution is -0.139. The number of rotatable bonds is 7. The van der Waals surface area contributed by atoms with Gasteiger partial charge in [0.2, 0.25) is 10.0 Å². The van der Waals surface area contributed by atoms with E-state index in [2.05, 4.69) is 4.72 Å². The van der Waals surface area contributed by atoms with E-state index in [1.54, 1.807) is 12.1 Å². The van der Waals surface area contributed by atoms with Crippen LogP contribution in [-0.4, -0.2) is 32.6 Å². The maximum absolute atomic E-state index is 12.3. The number of benzene rings is 1. The Morgan fingerprint density at radius 1 is 1.35 bits per heavy atom. The van der Waals surface area contributed by atoms with Crippen molar-refractivity contribution in [1.29, 1.82) is 0 Å². The summed E-state index contributed by atoms with van der Waals surface area (Å²) in [6, 6.07) is 4.91. The highest BCUT2D eigenvalue weighted by Crippen LogP contribution is 2.23. The van der Waals surface area contributed by atoms with Crippen LogP contribution < -0.4 is 9.46 Å². The minimum atomic E-state index is -3.95. The first kappa shape index (κ1) is 16.5. The van der Waals surface area contributed by atoms with E-state index in [9.17, 15) is 13.2 Å². The predicted molar refractivity (Wildman–Crippen MR) is 74.2 cm³/mol. The number of para-hydroxylation sites is 1. The quantitative estimate of drug-likeness (QED) is 0.795. The third kappa shape index (κ3) is 4.21. The first-order chi connectivity index (χ1) is 9.27. The summed E-state index contributed by atoms with van der Waals surface area (Å²) < 4.78 is 31.7. The van der Waals surface area contributed by atoms with Crippen molar-refractivity contribution < 1.29 is 23.1 Å². The van der Waals surface area contributed by atoms with Crippen LogP contribution in [-0.2, 0) is 14.8 Å². The summed E-state index contributed by atoms with van der Waals surface area (Å²) in [4.78, 5) is 11.1. The van der Waals surface area contributed by atoms with E-state index in [-0.39, 0.29) is 23.0 Å². The van der Waals surface area contributed by atoms with Crippen LogP contribution >= 0.6 is 0 Å². The standard InChI is InChI=1S/C13H19NO5S/c1-9(2)8-10(13(15)16)14-20(17,18)12-7-5-4-6-11(12)19-3/h4-7,9-10,14H,8H2,1-3H3,(H,15,16)/t10-/m0/s1. The lowest BCUT2D eigenvalue weighted by Gasteiger charge is -2.17. The van der Waals surface area contributed by atoms with Gasteiger partial charge in [-0.25, -0.2) is 8.42 Å². The van der Waals surface area contributed by atoms with Crippen LogP contribution in [0.5, 0.6) is 5.75 Å². The molecule has 0 spiro atoms. The Bertz CT molecular complexity index is 568. The summed E-state index contributed by atoms with van der Waals surface area (Å²) in [6.45, 7) is 3.65. The molecule has 0 aliphatic rings. The second-order valence-corrected chi connectivity index (χ2v) is 6.47. The molecule has 20 heavy (non-hydrogen) atoms. The van der Waals surface area contributed by atoms with Crippen molar-refractivity contribution in [3.05, 3.63) is 24.3 Å². The van der Waals surface area contributed by atoms with Crippen molar-refractivity contribution in [2.45, 2.75) is 31.2 Å². The average Bonchev–Trinajstić information content (AvgIpc) is 2.37. The van der Waals surface area contributed by atoms with Gasteiger partial charge >= 0.3 is 5.97 Å². The summed E-state index contributed by atoms with van der Waals surface area (Å²) in [6.07, 6.45) is 0.212. The highest BCUT2D eigenvalue weighted by Gasteiger charge is 2.27. The molecule has 0 saturated heterocycles. The molecule has 112 valence electrons. The van der Waals surface area contributed by atoms with E-state index in [0.717, 1.165) is 0 Å². The van der Waals surface area contributed by atoms with E-state index in [1.807, 2.05) is 13.8 Å². The zero-order valence-electron chi connectivity index (χ0n) is 11.7. The Kier molecular flexibility index (Phi) is 5.52. The van der Waals surface area contributed by atoms with Crippen molar-refractivity contribution in [3.8, 4) is 5.75 Å². The summed E-state index contributed by atoms with van der Waals surface area (Å²) in [7, 11) is -2.59. The smallest absolute Gasteiger partial charge is 0.321 e. The van der Waals surface area contributed by atoms with Gasteiger partial charge in [-0.05, 0) is 24.5 Å². The molecular formula is C13H19NO5S. The molecule has 7 heteroatoms. The number of hydrogen-bond donors (Lipinski definition) is 2. The Balaban J connectivity index is 3.07. The average molecular weight is 301 g/mol. The van der Waals surface area contributed by atoms with E-state index in [1.165, 1.54) is 19.2 Å². The third-order valence-corrected chi connectivity index (χ3v) is 4.17. The van der Waals surface area contributed by atoms with Crippen LogP contribution in [0.2, 0.25) is 0 Å². The van der Waals surface area contributed by atoms with Gasteiger partial charge in [-0.15, -0.1) is 0 Å². The molecule has 1 aromatic rings. The van der Waals surface area contributed by atoms with Crippen molar-refractivity contribution in [3.63, 3.8) is 0 Å². The minimum Gasteiger partial charge on any atom is -0.495 e. The summed E-state index contributed by atoms with van der Waals surface area (Å²) in [5, 5.41) is 9.10. The maximum Gasteiger partial charge on any atom is 0.321 e. The van der Waals surface area contributed by atoms with Crippen molar-refractivity contribution >= 4 is 16.0 Å². The van der Waals surface area contributed by atoms with E-state index >= 15 is 0 Å². The Morgan fingerprint density at radius 2 is 1.95 bits per heavy atom. The predicted octanol–water partition coefficient (Wildman–Crippen LogP) is 1.47. The minimum absolute atomic E-state index is 0.0523. The summed E-state index contributed by atoms with van der Waals surface area (Å²) in [5.74, 6) is -0.970. The second kappa shape index (κ2) is 6.71. The Morgan fingerprint density at radius 3 is 2.45 bits per heavy atom. The molecule has 0 aromatic heterocycles. The van der Waals surface area contributed by atoms with Crippen LogP contribution in [0.4, 0.5) is 0 Å². The molecular weight excluding hydrogens is 282 g/mol. The molecule has 1 rings (SSSR count). The van der Waals surface area contributed by atoms with Crippen LogP contribution in [0, 0.1) is 5.92 Å². The van der Waals surface area contributed by atoms with Crippen molar-refractivity contribution in [1.82, 2.24) is 4.72 Å². The summed E-state index contributed by atoms with van der Waals surface area (Å²) in [5.41, 5.74) is 0. The molecule has 0 aliphatic carbocycles. The number of ether oxygens (including phenoxy) is 1. The van der Waals surface area contributed by atoms with Gasteiger partial charge in [-0.1, -0.05) is 26.0 Å². The molecule has 0 saturated carbocycles. The number of carboxylic acid groups (broad SMARTS) is 1. The highest BCUT2D eigenvalue weighted by molar-refractivity contribution is 7.89. The fraction of sp³-hybridized carbons (Fsp3) is 0.462. The van der Waals surface area contributed by atoms with Gasteiger partial charge in [0.05, 0.1) is 7.11 Å². The SMILES string of the molecule is COc1ccccc1S(=O)(=O)N[C@@H](CC(C)C)C(=O)O. The van der Waals surface area contributed by atoms with Gasteiger partial charge in [-0.3, -0.25) is 4.79 Å². The second-order valence-electron chi connectivity index (χ2n) is 4.79. The van der Waals surface area contributed by atoms with Gasteiger partial charge < -0.3 is 9.84 Å². The number of aliphatic carboxylic acids is 1. The number of nitrogens with one attached hydrogen (secondary N) is 1. The molecule has 0 bridgehead atoms. The molecule has 0 heterocycles. The molecule has 1 atom stereocenters. The maximum atomic E-state index is 12.3. The largest absolute Gasteiger partial charge is 0.495 e. The van der Waals surface area contributed by atoms with Crippen LogP contribution in [0.3, 0.4) is 0 Å². The zero-order valence-corrected chi connectivity index (χ0v) is 12.5. The Labute approximate surface area is 118 Å². The van der Waals surface area contributed by atoms with Crippen LogP contribution in [0.25, 0.3) is 0 Å². The monoisotopic (exact) mass is 301 g/mol. The van der Waals surface area contributed by atoms with Crippen molar-refractivity contribution in [2.24, 2.45) is 5.92 Å². The first-order valence-electron chi connectivity index (χ1n) is 6.16.